The maximum Gasteiger partial charge on any atom is 0.320 e. The second-order valence-corrected chi connectivity index (χ2v) is 3.56. The number of aliphatic hydroxyl groups excluding tert-OH is 2. The smallest absolute Gasteiger partial charge is 0.320 e. The summed E-state index contributed by atoms with van der Waals surface area (Å²) in [5, 5.41) is 24.7. The highest BCUT2D eigenvalue weighted by Crippen LogP contribution is 1.99. The maximum atomic E-state index is 10.6. The first kappa shape index (κ1) is 18.1. The summed E-state index contributed by atoms with van der Waals surface area (Å²) in [6, 6.07) is -0.930. The largest absolute Gasteiger partial charge is 0.396 e. The van der Waals surface area contributed by atoms with Crippen LogP contribution in [0.3, 0.4) is 0 Å². The quantitative estimate of drug-likeness (QED) is 0.328. The van der Waals surface area contributed by atoms with E-state index in [0.29, 0.717) is 0 Å². The average Bonchev–Trinajstić information content (AvgIpc) is 2.25. The molecule has 0 aromatic rings. The van der Waals surface area contributed by atoms with E-state index in [2.05, 4.69) is 4.84 Å². The molecule has 0 saturated carbocycles. The van der Waals surface area contributed by atoms with Crippen LogP contribution in [-0.2, 0) is 9.63 Å². The van der Waals surface area contributed by atoms with Gasteiger partial charge in [-0.1, -0.05) is 13.8 Å². The summed E-state index contributed by atoms with van der Waals surface area (Å²) < 4.78 is 0. The van der Waals surface area contributed by atoms with Gasteiger partial charge >= 0.3 is 11.1 Å². The van der Waals surface area contributed by atoms with Crippen LogP contribution >= 0.6 is 0 Å². The third-order valence-corrected chi connectivity index (χ3v) is 1.72. The van der Waals surface area contributed by atoms with E-state index in [-0.39, 0.29) is 19.1 Å². The third-order valence-electron chi connectivity index (χ3n) is 1.72. The molecule has 0 aliphatic rings. The van der Waals surface area contributed by atoms with E-state index in [4.69, 9.17) is 15.9 Å². The Labute approximate surface area is 99.5 Å². The molecule has 0 aliphatic carbocycles. The molecule has 8 heteroatoms. The Kier molecular flexibility index (Phi) is 12.0. The molecule has 0 rings (SSSR count). The van der Waals surface area contributed by atoms with Crippen LogP contribution in [0.4, 0.5) is 0 Å². The Morgan fingerprint density at radius 3 is 2.00 bits per heavy atom. The highest BCUT2D eigenvalue weighted by atomic mass is 17.0. The molecule has 17 heavy (non-hydrogen) atoms. The molecule has 0 aliphatic heterocycles. The van der Waals surface area contributed by atoms with E-state index >= 15 is 0 Å². The first-order valence-electron chi connectivity index (χ1n) is 5.20. The summed E-state index contributed by atoms with van der Waals surface area (Å²) in [6.45, 7) is 3.73. The number of hydrogen-bond donors (Lipinski definition) is 3. The van der Waals surface area contributed by atoms with E-state index in [1.54, 1.807) is 13.8 Å². The minimum absolute atomic E-state index is 0.164. The van der Waals surface area contributed by atoms with Crippen molar-refractivity contribution in [1.82, 2.24) is 0 Å². The number of aliphatic hydroxyl groups is 2. The molecule has 0 saturated heterocycles. The van der Waals surface area contributed by atoms with Crippen molar-refractivity contribution in [2.75, 3.05) is 13.2 Å². The van der Waals surface area contributed by atoms with Crippen molar-refractivity contribution in [2.24, 2.45) is 11.7 Å². The number of carbonyl (C=O) groups is 1. The Hall–Kier alpha value is -1.25. The van der Waals surface area contributed by atoms with Crippen LogP contribution in [-0.4, -0.2) is 40.5 Å². The minimum Gasteiger partial charge on any atom is -0.396 e. The number of unbranched alkanes of at least 4 members (excludes halogenated alkanes) is 1. The molecule has 8 nitrogen and oxygen atoms in total. The SMILES string of the molecule is CC(C)[C@H](N)C(=O)O[N+](=O)[O-].OCCCCO. The van der Waals surface area contributed by atoms with Gasteiger partial charge in [-0.15, -0.1) is 10.1 Å². The minimum atomic E-state index is -1.16. The molecule has 0 heterocycles. The fraction of sp³-hybridized carbons (Fsp3) is 0.889. The van der Waals surface area contributed by atoms with Crippen molar-refractivity contribution >= 4 is 5.97 Å². The van der Waals surface area contributed by atoms with Gasteiger partial charge in [-0.3, -0.25) is 4.79 Å². The normalized spacial score (nSPS) is 11.4. The number of nitrogens with zero attached hydrogens (tertiary/aromatic N) is 1. The van der Waals surface area contributed by atoms with Gasteiger partial charge in [0.15, 0.2) is 0 Å². The van der Waals surface area contributed by atoms with Crippen LogP contribution in [0.2, 0.25) is 0 Å². The van der Waals surface area contributed by atoms with Gasteiger partial charge in [-0.2, -0.15) is 0 Å². The average molecular weight is 252 g/mol. The monoisotopic (exact) mass is 252 g/mol. The van der Waals surface area contributed by atoms with Gasteiger partial charge in [0.05, 0.1) is 6.04 Å². The molecule has 0 unspecified atom stereocenters. The Morgan fingerprint density at radius 2 is 1.76 bits per heavy atom. The maximum absolute atomic E-state index is 10.6. The zero-order valence-corrected chi connectivity index (χ0v) is 10.0. The molecule has 0 spiro atoms. The topological polar surface area (TPSA) is 136 Å². The molecule has 0 aromatic heterocycles. The van der Waals surface area contributed by atoms with Crippen molar-refractivity contribution in [3.8, 4) is 0 Å². The molecule has 0 radical (unpaired) electrons. The van der Waals surface area contributed by atoms with E-state index in [9.17, 15) is 14.9 Å². The molecule has 0 aromatic carbocycles. The number of hydrogen-bond acceptors (Lipinski definition) is 7. The highest BCUT2D eigenvalue weighted by Gasteiger charge is 2.20. The van der Waals surface area contributed by atoms with Gasteiger partial charge in [0.25, 0.3) is 0 Å². The van der Waals surface area contributed by atoms with Gasteiger partial charge in [0.1, 0.15) is 0 Å². The van der Waals surface area contributed by atoms with Crippen LogP contribution in [0, 0.1) is 16.0 Å². The van der Waals surface area contributed by atoms with E-state index < -0.39 is 17.1 Å². The molecule has 4 N–H and O–H groups in total. The Balaban J connectivity index is 0. The summed E-state index contributed by atoms with van der Waals surface area (Å²) >= 11 is 0. The Morgan fingerprint density at radius 1 is 1.35 bits per heavy atom. The fourth-order valence-electron chi connectivity index (χ4n) is 0.630. The highest BCUT2D eigenvalue weighted by molar-refractivity contribution is 5.74. The Bertz CT molecular complexity index is 218. The van der Waals surface area contributed by atoms with Crippen molar-refractivity contribution in [1.29, 1.82) is 0 Å². The summed E-state index contributed by atoms with van der Waals surface area (Å²) in [5.41, 5.74) is 5.23. The van der Waals surface area contributed by atoms with Gasteiger partial charge in [-0.05, 0) is 18.8 Å². The lowest BCUT2D eigenvalue weighted by Gasteiger charge is -2.10. The summed E-state index contributed by atoms with van der Waals surface area (Å²) in [5.74, 6) is -1.17. The summed E-state index contributed by atoms with van der Waals surface area (Å²) in [4.78, 5) is 23.9. The van der Waals surface area contributed by atoms with E-state index in [1.807, 2.05) is 0 Å². The predicted molar refractivity (Wildman–Crippen MR) is 59.3 cm³/mol. The van der Waals surface area contributed by atoms with Gasteiger partial charge in [-0.25, -0.2) is 4.84 Å². The van der Waals surface area contributed by atoms with Crippen molar-refractivity contribution in [2.45, 2.75) is 32.7 Å². The van der Waals surface area contributed by atoms with Gasteiger partial charge in [0, 0.05) is 13.2 Å². The second kappa shape index (κ2) is 11.2. The standard InChI is InChI=1S/C5H10N2O4.C4H10O2/c1-3(2)4(6)5(8)11-7(9)10;5-3-1-2-4-6/h3-4H,6H2,1-2H3;5-6H,1-4H2/t4-;/m0./s1. The van der Waals surface area contributed by atoms with Crippen molar-refractivity contribution in [3.05, 3.63) is 10.1 Å². The molecule has 0 fully saturated rings. The molecule has 102 valence electrons. The van der Waals surface area contributed by atoms with Crippen molar-refractivity contribution < 1.29 is 24.9 Å². The van der Waals surface area contributed by atoms with Crippen LogP contribution in [0.15, 0.2) is 0 Å². The lowest BCUT2D eigenvalue weighted by Crippen LogP contribution is -2.37. The van der Waals surface area contributed by atoms with Crippen molar-refractivity contribution in [3.63, 3.8) is 0 Å². The van der Waals surface area contributed by atoms with Crippen LogP contribution in [0.5, 0.6) is 0 Å². The predicted octanol–water partition coefficient (Wildman–Crippen LogP) is -0.544. The van der Waals surface area contributed by atoms with E-state index in [0.717, 1.165) is 12.8 Å². The molecule has 0 amide bonds. The van der Waals surface area contributed by atoms with Gasteiger partial charge in [0.2, 0.25) is 0 Å². The summed E-state index contributed by atoms with van der Waals surface area (Å²) in [6.07, 6.45) is 1.44. The second-order valence-electron chi connectivity index (χ2n) is 3.56. The molecular formula is C9H20N2O6. The lowest BCUT2D eigenvalue weighted by atomic mass is 10.1. The molecular weight excluding hydrogens is 232 g/mol. The number of nitrogens with two attached hydrogens (primary N) is 1. The summed E-state index contributed by atoms with van der Waals surface area (Å²) in [7, 11) is 0. The lowest BCUT2D eigenvalue weighted by molar-refractivity contribution is -0.730. The third kappa shape index (κ3) is 12.7. The van der Waals surface area contributed by atoms with Gasteiger partial charge < -0.3 is 15.9 Å². The first-order chi connectivity index (χ1) is 7.86. The molecule has 1 atom stereocenters. The van der Waals surface area contributed by atoms with Crippen LogP contribution in [0.1, 0.15) is 26.7 Å². The first-order valence-corrected chi connectivity index (χ1v) is 5.20. The number of rotatable bonds is 6. The van der Waals surface area contributed by atoms with E-state index in [1.165, 1.54) is 0 Å². The van der Waals surface area contributed by atoms with Crippen LogP contribution < -0.4 is 5.73 Å². The zero-order valence-electron chi connectivity index (χ0n) is 10.0. The molecule has 0 bridgehead atoms. The van der Waals surface area contributed by atoms with Crippen LogP contribution in [0.25, 0.3) is 0 Å². The number of carbonyl (C=O) groups excluding carboxylic acids is 1. The fourth-order valence-corrected chi connectivity index (χ4v) is 0.630. The zero-order chi connectivity index (χ0) is 13.8.